The third-order valence-electron chi connectivity index (χ3n) is 0. The first-order valence-corrected chi connectivity index (χ1v) is 4.10. The fraction of sp³-hybridized carbons (Fsp3) is 0. The van der Waals surface area contributed by atoms with Gasteiger partial charge in [-0.3, -0.25) is 17.5 Å². The molecule has 0 saturated carbocycles. The van der Waals surface area contributed by atoms with E-state index in [1.54, 1.807) is 0 Å². The third-order valence-corrected chi connectivity index (χ3v) is 0. The average Bonchev–Trinajstić information content (AvgIpc) is 1.12. The monoisotopic (exact) mass is 257 g/mol. The Morgan fingerprint density at radius 3 is 0.909 bits per heavy atom. The largest absolute Gasteiger partial charge is 1.00 e. The average molecular weight is 258 g/mol. The Bertz CT molecular complexity index is 208. The normalized spacial score (nSPS) is 10.5. The fourth-order valence-corrected chi connectivity index (χ4v) is 0. The molecule has 0 saturated heterocycles. The first-order chi connectivity index (χ1) is 4.00. The minimum absolute atomic E-state index is 0. The van der Waals surface area contributed by atoms with Crippen LogP contribution >= 0.6 is 0 Å². The minimum Gasteiger partial charge on any atom is -0.759 e. The number of hydrogen-bond donors (Lipinski definition) is 2. The van der Waals surface area contributed by atoms with Gasteiger partial charge < -0.3 is 9.11 Å². The first-order valence-electron chi connectivity index (χ1n) is 1.37. The summed E-state index contributed by atoms with van der Waals surface area (Å²) in [5, 5.41) is 0. The van der Waals surface area contributed by atoms with Gasteiger partial charge in [-0.25, -0.2) is 0 Å². The Hall–Kier alpha value is 0.259. The van der Waals surface area contributed by atoms with Crippen molar-refractivity contribution in [2.45, 2.75) is 0 Å². The van der Waals surface area contributed by atoms with Crippen molar-refractivity contribution in [2.24, 2.45) is 0 Å². The number of hydrogen-bond acceptors (Lipinski definition) is 6. The Morgan fingerprint density at radius 1 is 0.909 bits per heavy atom. The second-order valence-corrected chi connectivity index (χ2v) is 2.57. The van der Waals surface area contributed by atoms with Gasteiger partial charge in [0, 0.05) is 10.4 Å². The molecule has 74 valence electrons. The van der Waals surface area contributed by atoms with E-state index < -0.39 is 20.8 Å². The van der Waals surface area contributed by atoms with Crippen LogP contribution in [0.3, 0.4) is 0 Å². The fourth-order valence-electron chi connectivity index (χ4n) is 0. The van der Waals surface area contributed by atoms with Gasteiger partial charge in [0.05, 0.1) is 0 Å². The summed E-state index contributed by atoms with van der Waals surface area (Å²) in [4.78, 5) is 0. The van der Waals surface area contributed by atoms with Crippen LogP contribution in [0.5, 0.6) is 0 Å². The van der Waals surface area contributed by atoms with E-state index in [-0.39, 0.29) is 17.1 Å². The molecule has 0 atom stereocenters. The summed E-state index contributed by atoms with van der Waals surface area (Å²) in [5.41, 5.74) is 0. The van der Waals surface area contributed by atoms with E-state index in [0.717, 1.165) is 0 Å². The van der Waals surface area contributed by atoms with Gasteiger partial charge in [-0.1, -0.05) is 0 Å². The molecule has 0 unspecified atom stereocenters. The topological polar surface area (TPSA) is 155 Å². The van der Waals surface area contributed by atoms with Gasteiger partial charge >= 0.3 is 27.5 Å². The van der Waals surface area contributed by atoms with Crippen LogP contribution in [0.1, 0.15) is 0 Å². The van der Waals surface area contributed by atoms with Crippen molar-refractivity contribution >= 4 is 20.8 Å². The molecule has 0 aliphatic heterocycles. The molecule has 0 amide bonds. The predicted octanol–water partition coefficient (Wildman–Crippen LogP) is -1.99. The molecule has 11 heteroatoms. The van der Waals surface area contributed by atoms with Crippen molar-refractivity contribution < 1.29 is 52.1 Å². The molecule has 0 aromatic heterocycles. The van der Waals surface area contributed by atoms with Crippen LogP contribution in [0, 0.1) is 0 Å². The zero-order valence-electron chi connectivity index (χ0n) is 4.46. The van der Waals surface area contributed by atoms with Gasteiger partial charge in [-0.15, -0.1) is 0 Å². The second-order valence-electron chi connectivity index (χ2n) is 0.856. The van der Waals surface area contributed by atoms with Crippen molar-refractivity contribution in [1.29, 1.82) is 0 Å². The van der Waals surface area contributed by atoms with E-state index >= 15 is 0 Å². The molecule has 0 aromatic rings. The van der Waals surface area contributed by atoms with Crippen LogP contribution in [0.2, 0.25) is 0 Å². The van der Waals surface area contributed by atoms with Crippen LogP contribution in [0.4, 0.5) is 0 Å². The molecule has 8 nitrogen and oxygen atoms in total. The van der Waals surface area contributed by atoms with Crippen LogP contribution in [-0.2, 0) is 37.9 Å². The molecule has 2 N–H and O–H groups in total. The van der Waals surface area contributed by atoms with Crippen molar-refractivity contribution in [1.82, 2.24) is 0 Å². The summed E-state index contributed by atoms with van der Waals surface area (Å²) in [6, 6.07) is 0. The quantitative estimate of drug-likeness (QED) is 0.287. The number of rotatable bonds is 0. The standard InChI is InChI=1S/Cu.2H2O4S/c;2*1-5(2,3)4/h;2*(H2,1,2,3,4)/q+1;;/p-2. The Labute approximate surface area is 73.2 Å². The second kappa shape index (κ2) is 5.85. The molecule has 0 aromatic carbocycles. The van der Waals surface area contributed by atoms with Gasteiger partial charge in [0.25, 0.3) is 0 Å². The summed E-state index contributed by atoms with van der Waals surface area (Å²) in [7, 11) is -9.83. The van der Waals surface area contributed by atoms with Gasteiger partial charge in [0.2, 0.25) is 0 Å². The van der Waals surface area contributed by atoms with E-state index in [9.17, 15) is 0 Å². The molecule has 0 aliphatic rings. The molecular formula is H2CuO8S2-. The molecule has 0 radical (unpaired) electrons. The predicted molar refractivity (Wildman–Crippen MR) is 24.7 cm³/mol. The molecule has 0 aliphatic carbocycles. The van der Waals surface area contributed by atoms with Crippen molar-refractivity contribution in [3.8, 4) is 0 Å². The van der Waals surface area contributed by atoms with Crippen molar-refractivity contribution in [3.05, 3.63) is 0 Å². The molecule has 0 heterocycles. The van der Waals surface area contributed by atoms with Crippen LogP contribution in [-0.4, -0.2) is 35.0 Å². The van der Waals surface area contributed by atoms with Gasteiger partial charge in [-0.05, 0) is 0 Å². The smallest absolute Gasteiger partial charge is 0.759 e. The van der Waals surface area contributed by atoms with E-state index in [0.29, 0.717) is 0 Å². The Balaban J connectivity index is -0.000000107. The van der Waals surface area contributed by atoms with E-state index in [1.165, 1.54) is 0 Å². The van der Waals surface area contributed by atoms with Gasteiger partial charge in [-0.2, -0.15) is 8.42 Å². The Morgan fingerprint density at radius 2 is 0.909 bits per heavy atom. The molecule has 11 heavy (non-hydrogen) atoms. The molecular weight excluding hydrogens is 256 g/mol. The van der Waals surface area contributed by atoms with Crippen LogP contribution in [0.25, 0.3) is 0 Å². The molecule has 0 fully saturated rings. The van der Waals surface area contributed by atoms with Gasteiger partial charge in [0.1, 0.15) is 0 Å². The maximum Gasteiger partial charge on any atom is 1.00 e. The summed E-state index contributed by atoms with van der Waals surface area (Å²) in [6.45, 7) is 0. The first kappa shape index (κ1) is 17.4. The van der Waals surface area contributed by atoms with E-state index in [4.69, 9.17) is 35.0 Å². The van der Waals surface area contributed by atoms with Crippen molar-refractivity contribution in [2.75, 3.05) is 0 Å². The maximum absolute atomic E-state index is 8.74. The summed E-state index contributed by atoms with van der Waals surface area (Å²) >= 11 is 0. The zero-order valence-corrected chi connectivity index (χ0v) is 7.04. The SMILES string of the molecule is O=S(=O)(O)O.O=S(=O)([O-])[O-].[Cu+]. The molecule has 0 bridgehead atoms. The summed E-state index contributed by atoms with van der Waals surface area (Å²) in [6.07, 6.45) is 0. The van der Waals surface area contributed by atoms with Crippen LogP contribution in [0.15, 0.2) is 0 Å². The van der Waals surface area contributed by atoms with Crippen LogP contribution < -0.4 is 0 Å². The maximum atomic E-state index is 8.74. The summed E-state index contributed by atoms with van der Waals surface area (Å²) < 4.78 is 65.7. The molecule has 0 rings (SSSR count). The van der Waals surface area contributed by atoms with E-state index in [1.807, 2.05) is 0 Å². The van der Waals surface area contributed by atoms with Gasteiger partial charge in [0.15, 0.2) is 0 Å². The molecule has 0 spiro atoms. The zero-order chi connectivity index (χ0) is 9.00. The Kier molecular flexibility index (Phi) is 9.24. The van der Waals surface area contributed by atoms with E-state index in [2.05, 4.69) is 0 Å². The third kappa shape index (κ3) is 10400. The van der Waals surface area contributed by atoms with Crippen molar-refractivity contribution in [3.63, 3.8) is 0 Å². The minimum atomic E-state index is -5.17. The summed E-state index contributed by atoms with van der Waals surface area (Å²) in [5.74, 6) is 0.